The van der Waals surface area contributed by atoms with Gasteiger partial charge in [0, 0.05) is 21.9 Å². The van der Waals surface area contributed by atoms with Crippen LogP contribution in [0.2, 0.25) is 0 Å². The van der Waals surface area contributed by atoms with Gasteiger partial charge in [-0.25, -0.2) is 0 Å². The van der Waals surface area contributed by atoms with Crippen LogP contribution in [0.4, 0.5) is 0 Å². The molecular weight excluding hydrogens is 350 g/mol. The first-order valence-electron chi connectivity index (χ1n) is 5.33. The maximum atomic E-state index is 11.9. The molecule has 0 unspecified atom stereocenters. The Balaban J connectivity index is 2.44. The molecule has 1 aromatic carbocycles. The van der Waals surface area contributed by atoms with Crippen molar-refractivity contribution in [3.8, 4) is 0 Å². The molecule has 1 N–H and O–H groups in total. The van der Waals surface area contributed by atoms with Crippen LogP contribution in [0, 0.1) is 6.92 Å². The van der Waals surface area contributed by atoms with Crippen molar-refractivity contribution >= 4 is 37.8 Å². The Morgan fingerprint density at radius 3 is 2.88 bits per heavy atom. The number of aryl methyl sites for hydroxylation is 1. The molecule has 0 fully saturated rings. The van der Waals surface area contributed by atoms with E-state index in [2.05, 4.69) is 37.2 Å². The third kappa shape index (κ3) is 5.19. The predicted molar refractivity (Wildman–Crippen MR) is 75.8 cm³/mol. The Hall–Kier alpha value is -0.390. The van der Waals surface area contributed by atoms with Crippen molar-refractivity contribution in [2.45, 2.75) is 6.92 Å². The van der Waals surface area contributed by atoms with E-state index in [9.17, 15) is 4.79 Å². The highest BCUT2D eigenvalue weighted by Crippen LogP contribution is 2.15. The lowest BCUT2D eigenvalue weighted by molar-refractivity contribution is 0.0923. The van der Waals surface area contributed by atoms with E-state index in [-0.39, 0.29) is 5.91 Å². The largest absolute Gasteiger partial charge is 0.379 e. The van der Waals surface area contributed by atoms with Crippen LogP contribution in [0.15, 0.2) is 22.7 Å². The van der Waals surface area contributed by atoms with Crippen molar-refractivity contribution in [3.05, 3.63) is 33.8 Å². The average molecular weight is 365 g/mol. The van der Waals surface area contributed by atoms with Crippen LogP contribution in [-0.2, 0) is 4.74 Å². The van der Waals surface area contributed by atoms with Gasteiger partial charge in [-0.2, -0.15) is 0 Å². The predicted octanol–water partition coefficient (Wildman–Crippen LogP) is 2.90. The molecule has 5 heteroatoms. The van der Waals surface area contributed by atoms with Gasteiger partial charge in [-0.1, -0.05) is 37.9 Å². The van der Waals surface area contributed by atoms with Crippen molar-refractivity contribution < 1.29 is 9.53 Å². The number of halogens is 2. The van der Waals surface area contributed by atoms with Gasteiger partial charge >= 0.3 is 0 Å². The van der Waals surface area contributed by atoms with Crippen molar-refractivity contribution in [2.75, 3.05) is 25.1 Å². The number of nitrogens with one attached hydrogen (secondary N) is 1. The van der Waals surface area contributed by atoms with E-state index in [4.69, 9.17) is 4.74 Å². The fourth-order valence-corrected chi connectivity index (χ4v) is 1.92. The first-order chi connectivity index (χ1) is 8.15. The zero-order valence-corrected chi connectivity index (χ0v) is 12.8. The van der Waals surface area contributed by atoms with Crippen LogP contribution >= 0.6 is 31.9 Å². The van der Waals surface area contributed by atoms with Crippen LogP contribution in [0.3, 0.4) is 0 Å². The average Bonchev–Trinajstić information content (AvgIpc) is 2.32. The number of hydrogen-bond acceptors (Lipinski definition) is 2. The zero-order chi connectivity index (χ0) is 12.7. The minimum Gasteiger partial charge on any atom is -0.379 e. The highest BCUT2D eigenvalue weighted by Gasteiger charge is 2.08. The van der Waals surface area contributed by atoms with Crippen LogP contribution in [0.25, 0.3) is 0 Å². The van der Waals surface area contributed by atoms with Crippen LogP contribution in [-0.4, -0.2) is 31.0 Å². The van der Waals surface area contributed by atoms with E-state index in [1.807, 2.05) is 25.1 Å². The van der Waals surface area contributed by atoms with Crippen LogP contribution in [0.1, 0.15) is 15.9 Å². The van der Waals surface area contributed by atoms with E-state index in [0.29, 0.717) is 25.3 Å². The first-order valence-corrected chi connectivity index (χ1v) is 7.24. The van der Waals surface area contributed by atoms with Crippen molar-refractivity contribution in [2.24, 2.45) is 0 Å². The van der Waals surface area contributed by atoms with Gasteiger partial charge in [0.05, 0.1) is 13.2 Å². The Morgan fingerprint density at radius 2 is 2.18 bits per heavy atom. The van der Waals surface area contributed by atoms with E-state index in [0.717, 1.165) is 15.4 Å². The molecule has 1 aromatic rings. The number of carbonyl (C=O) groups is 1. The highest BCUT2D eigenvalue weighted by molar-refractivity contribution is 9.10. The molecule has 0 saturated carbocycles. The Kier molecular flexibility index (Phi) is 6.77. The molecule has 0 bridgehead atoms. The second-order valence-electron chi connectivity index (χ2n) is 3.52. The third-order valence-electron chi connectivity index (χ3n) is 2.20. The zero-order valence-electron chi connectivity index (χ0n) is 9.63. The number of hydrogen-bond donors (Lipinski definition) is 1. The summed E-state index contributed by atoms with van der Waals surface area (Å²) in [6, 6.07) is 5.66. The van der Waals surface area contributed by atoms with E-state index in [1.54, 1.807) is 0 Å². The molecular formula is C12H15Br2NO2. The molecule has 0 saturated heterocycles. The quantitative estimate of drug-likeness (QED) is 0.622. The molecule has 3 nitrogen and oxygen atoms in total. The van der Waals surface area contributed by atoms with E-state index >= 15 is 0 Å². The van der Waals surface area contributed by atoms with Crippen molar-refractivity contribution in [1.29, 1.82) is 0 Å². The first kappa shape index (κ1) is 14.7. The maximum absolute atomic E-state index is 11.9. The molecule has 17 heavy (non-hydrogen) atoms. The minimum atomic E-state index is -0.0637. The molecule has 0 aliphatic heterocycles. The van der Waals surface area contributed by atoms with Gasteiger partial charge in [-0.15, -0.1) is 0 Å². The lowest BCUT2D eigenvalue weighted by Crippen LogP contribution is -2.28. The summed E-state index contributed by atoms with van der Waals surface area (Å²) in [5, 5.41) is 3.64. The highest BCUT2D eigenvalue weighted by atomic mass is 79.9. The molecule has 0 heterocycles. The molecule has 1 amide bonds. The third-order valence-corrected chi connectivity index (χ3v) is 3.01. The summed E-state index contributed by atoms with van der Waals surface area (Å²) in [5.74, 6) is -0.0637. The molecule has 0 aromatic heterocycles. The van der Waals surface area contributed by atoms with Crippen molar-refractivity contribution in [3.63, 3.8) is 0 Å². The fraction of sp³-hybridized carbons (Fsp3) is 0.417. The number of carbonyl (C=O) groups excluding carboxylic acids is 1. The van der Waals surface area contributed by atoms with E-state index in [1.165, 1.54) is 0 Å². The molecule has 0 radical (unpaired) electrons. The maximum Gasteiger partial charge on any atom is 0.251 e. The number of amides is 1. The topological polar surface area (TPSA) is 38.3 Å². The monoisotopic (exact) mass is 363 g/mol. The smallest absolute Gasteiger partial charge is 0.251 e. The number of benzene rings is 1. The minimum absolute atomic E-state index is 0.0637. The second kappa shape index (κ2) is 7.84. The Bertz CT molecular complexity index is 383. The summed E-state index contributed by atoms with van der Waals surface area (Å²) in [4.78, 5) is 11.9. The number of ether oxygens (including phenoxy) is 1. The molecule has 0 aliphatic carbocycles. The number of alkyl halides is 1. The van der Waals surface area contributed by atoms with Crippen LogP contribution in [0.5, 0.6) is 0 Å². The normalized spacial score (nSPS) is 10.3. The SMILES string of the molecule is Cc1ccc(Br)cc1C(=O)NCCOCCBr. The second-order valence-corrected chi connectivity index (χ2v) is 5.23. The van der Waals surface area contributed by atoms with Gasteiger partial charge in [-0.3, -0.25) is 4.79 Å². The molecule has 1 rings (SSSR count). The van der Waals surface area contributed by atoms with Gasteiger partial charge < -0.3 is 10.1 Å². The summed E-state index contributed by atoms with van der Waals surface area (Å²) < 4.78 is 6.16. The Labute approximate surface area is 118 Å². The van der Waals surface area contributed by atoms with Crippen molar-refractivity contribution in [1.82, 2.24) is 5.32 Å². The lowest BCUT2D eigenvalue weighted by Gasteiger charge is -2.08. The molecule has 0 spiro atoms. The molecule has 94 valence electrons. The molecule has 0 aliphatic rings. The summed E-state index contributed by atoms with van der Waals surface area (Å²) in [6.07, 6.45) is 0. The summed E-state index contributed by atoms with van der Waals surface area (Å²) in [7, 11) is 0. The number of rotatable bonds is 6. The molecule has 0 atom stereocenters. The Morgan fingerprint density at radius 1 is 1.41 bits per heavy atom. The van der Waals surface area contributed by atoms with Gasteiger partial charge in [-0.05, 0) is 24.6 Å². The fourth-order valence-electron chi connectivity index (χ4n) is 1.33. The lowest BCUT2D eigenvalue weighted by atomic mass is 10.1. The standard InChI is InChI=1S/C12H15Br2NO2/c1-9-2-3-10(14)8-11(9)12(16)15-5-7-17-6-4-13/h2-3,8H,4-7H2,1H3,(H,15,16). The van der Waals surface area contributed by atoms with Gasteiger partial charge in [0.2, 0.25) is 0 Å². The van der Waals surface area contributed by atoms with Gasteiger partial charge in [0.15, 0.2) is 0 Å². The van der Waals surface area contributed by atoms with Gasteiger partial charge in [0.1, 0.15) is 0 Å². The van der Waals surface area contributed by atoms with E-state index < -0.39 is 0 Å². The summed E-state index contributed by atoms with van der Waals surface area (Å²) >= 11 is 6.62. The van der Waals surface area contributed by atoms with Crippen LogP contribution < -0.4 is 5.32 Å². The summed E-state index contributed by atoms with van der Waals surface area (Å²) in [6.45, 7) is 3.64. The summed E-state index contributed by atoms with van der Waals surface area (Å²) in [5.41, 5.74) is 1.66. The van der Waals surface area contributed by atoms with Gasteiger partial charge in [0.25, 0.3) is 5.91 Å².